The summed E-state index contributed by atoms with van der Waals surface area (Å²) in [5.41, 5.74) is -0.138. The lowest BCUT2D eigenvalue weighted by Crippen LogP contribution is -2.56. The molecule has 2 atom stereocenters. The number of rotatable bonds is 5. The summed E-state index contributed by atoms with van der Waals surface area (Å²) < 4.78 is 0. The minimum atomic E-state index is -0.748. The molecule has 1 fully saturated rings. The second-order valence-electron chi connectivity index (χ2n) is 5.87. The number of carbonyl (C=O) groups excluding carboxylic acids is 1. The van der Waals surface area contributed by atoms with Crippen molar-refractivity contribution in [1.82, 2.24) is 10.2 Å². The van der Waals surface area contributed by atoms with E-state index in [1.54, 1.807) is 4.90 Å². The number of nitrogens with zero attached hydrogens (tertiary/aromatic N) is 1. The van der Waals surface area contributed by atoms with Crippen LogP contribution in [0.1, 0.15) is 59.8 Å². The summed E-state index contributed by atoms with van der Waals surface area (Å²) in [6.07, 6.45) is 3.81. The molecule has 5 heteroatoms. The van der Waals surface area contributed by atoms with Gasteiger partial charge in [-0.15, -0.1) is 0 Å². The lowest BCUT2D eigenvalue weighted by molar-refractivity contribution is -0.143. The van der Waals surface area contributed by atoms with Crippen molar-refractivity contribution in [3.05, 3.63) is 0 Å². The van der Waals surface area contributed by atoms with Crippen LogP contribution in [0.5, 0.6) is 0 Å². The zero-order chi connectivity index (χ0) is 15.3. The highest BCUT2D eigenvalue weighted by Crippen LogP contribution is 2.25. The molecular weight excluding hydrogens is 256 g/mol. The van der Waals surface area contributed by atoms with Crippen molar-refractivity contribution in [1.29, 1.82) is 0 Å². The lowest BCUT2D eigenvalue weighted by atomic mass is 9.89. The number of amides is 2. The molecule has 1 aliphatic heterocycles. The Morgan fingerprint density at radius 2 is 1.80 bits per heavy atom. The van der Waals surface area contributed by atoms with Crippen molar-refractivity contribution in [2.45, 2.75) is 71.4 Å². The van der Waals surface area contributed by atoms with Gasteiger partial charge >= 0.3 is 12.0 Å². The van der Waals surface area contributed by atoms with E-state index in [1.165, 1.54) is 0 Å². The summed E-state index contributed by atoms with van der Waals surface area (Å²) >= 11 is 0. The fourth-order valence-corrected chi connectivity index (χ4v) is 3.01. The molecule has 116 valence electrons. The molecule has 0 radical (unpaired) electrons. The molecule has 20 heavy (non-hydrogen) atoms. The monoisotopic (exact) mass is 284 g/mol. The molecule has 5 nitrogen and oxygen atoms in total. The van der Waals surface area contributed by atoms with Gasteiger partial charge in [0, 0.05) is 18.1 Å². The molecule has 1 saturated heterocycles. The van der Waals surface area contributed by atoms with Gasteiger partial charge < -0.3 is 15.3 Å². The first-order valence-corrected chi connectivity index (χ1v) is 7.70. The van der Waals surface area contributed by atoms with Crippen LogP contribution in [0.25, 0.3) is 0 Å². The molecule has 2 N–H and O–H groups in total. The third-order valence-electron chi connectivity index (χ3n) is 4.89. The van der Waals surface area contributed by atoms with Crippen LogP contribution in [0.4, 0.5) is 4.79 Å². The molecule has 0 aromatic carbocycles. The molecule has 1 aliphatic rings. The molecule has 2 amide bonds. The van der Waals surface area contributed by atoms with Crippen LogP contribution in [0.15, 0.2) is 0 Å². The van der Waals surface area contributed by atoms with Crippen molar-refractivity contribution in [3.8, 4) is 0 Å². The average molecular weight is 284 g/mol. The largest absolute Gasteiger partial charge is 0.481 e. The number of likely N-dealkylation sites (tertiary alicyclic amines) is 1. The lowest BCUT2D eigenvalue weighted by Gasteiger charge is -2.40. The number of hydrogen-bond donors (Lipinski definition) is 2. The highest BCUT2D eigenvalue weighted by atomic mass is 16.4. The topological polar surface area (TPSA) is 69.6 Å². The van der Waals surface area contributed by atoms with E-state index in [0.29, 0.717) is 19.4 Å². The predicted octanol–water partition coefficient (Wildman–Crippen LogP) is 2.85. The standard InChI is InChI=1S/C15H28N2O3/c1-5-15(6-2,7-3)16-14(20)17-9-8-12(13(18)19)10-11(17)4/h11-12H,5-10H2,1-4H3,(H,16,20)(H,18,19). The van der Waals surface area contributed by atoms with Crippen LogP contribution >= 0.6 is 0 Å². The highest BCUT2D eigenvalue weighted by Gasteiger charge is 2.35. The number of carboxylic acid groups (broad SMARTS) is 1. The summed E-state index contributed by atoms with van der Waals surface area (Å²) in [4.78, 5) is 25.3. The number of urea groups is 1. The summed E-state index contributed by atoms with van der Waals surface area (Å²) in [6.45, 7) is 8.73. The number of aliphatic carboxylic acids is 1. The summed E-state index contributed by atoms with van der Waals surface area (Å²) in [5.74, 6) is -1.07. The van der Waals surface area contributed by atoms with Gasteiger partial charge in [0.15, 0.2) is 0 Å². The Labute approximate surface area is 121 Å². The van der Waals surface area contributed by atoms with E-state index in [4.69, 9.17) is 5.11 Å². The maximum absolute atomic E-state index is 12.4. The first kappa shape index (κ1) is 16.8. The third kappa shape index (κ3) is 3.64. The summed E-state index contributed by atoms with van der Waals surface area (Å²) in [6, 6.07) is -0.0694. The van der Waals surface area contributed by atoms with Crippen molar-refractivity contribution in [2.24, 2.45) is 5.92 Å². The molecule has 0 spiro atoms. The van der Waals surface area contributed by atoms with E-state index in [9.17, 15) is 9.59 Å². The van der Waals surface area contributed by atoms with Gasteiger partial charge in [0.05, 0.1) is 5.92 Å². The first-order valence-electron chi connectivity index (χ1n) is 7.70. The SMILES string of the molecule is CCC(CC)(CC)NC(=O)N1CCC(C(=O)O)CC1C. The van der Waals surface area contributed by atoms with Gasteiger partial charge in [-0.1, -0.05) is 20.8 Å². The van der Waals surface area contributed by atoms with E-state index in [-0.39, 0.29) is 23.5 Å². The summed E-state index contributed by atoms with van der Waals surface area (Å²) in [7, 11) is 0. The third-order valence-corrected chi connectivity index (χ3v) is 4.89. The quantitative estimate of drug-likeness (QED) is 0.815. The Morgan fingerprint density at radius 3 is 2.20 bits per heavy atom. The number of hydrogen-bond acceptors (Lipinski definition) is 2. The van der Waals surface area contributed by atoms with Crippen molar-refractivity contribution >= 4 is 12.0 Å². The average Bonchev–Trinajstić information content (AvgIpc) is 2.44. The van der Waals surface area contributed by atoms with Crippen molar-refractivity contribution < 1.29 is 14.7 Å². The van der Waals surface area contributed by atoms with Gasteiger partial charge in [-0.2, -0.15) is 0 Å². The van der Waals surface area contributed by atoms with Gasteiger partial charge in [-0.25, -0.2) is 4.79 Å². The van der Waals surface area contributed by atoms with Gasteiger partial charge in [0.25, 0.3) is 0 Å². The Hall–Kier alpha value is -1.26. The maximum atomic E-state index is 12.4. The molecule has 0 aromatic heterocycles. The number of piperidine rings is 1. The number of carboxylic acids is 1. The van der Waals surface area contributed by atoms with Crippen LogP contribution in [0.2, 0.25) is 0 Å². The molecular formula is C15H28N2O3. The van der Waals surface area contributed by atoms with Gasteiger partial charge in [-0.05, 0) is 39.0 Å². The highest BCUT2D eigenvalue weighted by molar-refractivity contribution is 5.76. The van der Waals surface area contributed by atoms with Gasteiger partial charge in [0.1, 0.15) is 0 Å². The summed E-state index contributed by atoms with van der Waals surface area (Å²) in [5, 5.41) is 12.2. The predicted molar refractivity (Wildman–Crippen MR) is 78.7 cm³/mol. The Morgan fingerprint density at radius 1 is 1.25 bits per heavy atom. The van der Waals surface area contributed by atoms with E-state index in [2.05, 4.69) is 26.1 Å². The van der Waals surface area contributed by atoms with Crippen molar-refractivity contribution in [2.75, 3.05) is 6.54 Å². The number of nitrogens with one attached hydrogen (secondary N) is 1. The fraction of sp³-hybridized carbons (Fsp3) is 0.867. The van der Waals surface area contributed by atoms with Crippen LogP contribution < -0.4 is 5.32 Å². The minimum absolute atomic E-state index is 0.0203. The molecule has 1 heterocycles. The van der Waals surface area contributed by atoms with Crippen LogP contribution in [0, 0.1) is 5.92 Å². The first-order chi connectivity index (χ1) is 9.39. The Kier molecular flexibility index (Phi) is 5.84. The van der Waals surface area contributed by atoms with Gasteiger partial charge in [0.2, 0.25) is 0 Å². The second kappa shape index (κ2) is 6.95. The molecule has 0 aliphatic carbocycles. The number of carbonyl (C=O) groups is 2. The maximum Gasteiger partial charge on any atom is 0.318 e. The van der Waals surface area contributed by atoms with E-state index in [0.717, 1.165) is 19.3 Å². The minimum Gasteiger partial charge on any atom is -0.481 e. The normalized spacial score (nSPS) is 23.5. The fourth-order valence-electron chi connectivity index (χ4n) is 3.01. The van der Waals surface area contributed by atoms with Crippen LogP contribution in [-0.2, 0) is 4.79 Å². The van der Waals surface area contributed by atoms with Gasteiger partial charge in [-0.3, -0.25) is 4.79 Å². The molecule has 2 unspecified atom stereocenters. The van der Waals surface area contributed by atoms with E-state index in [1.807, 2.05) is 6.92 Å². The van der Waals surface area contributed by atoms with Crippen molar-refractivity contribution in [3.63, 3.8) is 0 Å². The zero-order valence-electron chi connectivity index (χ0n) is 13.1. The zero-order valence-corrected chi connectivity index (χ0v) is 13.1. The second-order valence-corrected chi connectivity index (χ2v) is 5.87. The van der Waals surface area contributed by atoms with Crippen LogP contribution in [-0.4, -0.2) is 40.1 Å². The molecule has 0 bridgehead atoms. The smallest absolute Gasteiger partial charge is 0.318 e. The van der Waals surface area contributed by atoms with E-state index < -0.39 is 5.97 Å². The molecule has 1 rings (SSSR count). The van der Waals surface area contributed by atoms with E-state index >= 15 is 0 Å². The Bertz CT molecular complexity index is 345. The van der Waals surface area contributed by atoms with Crippen LogP contribution in [0.3, 0.4) is 0 Å². The molecule has 0 aromatic rings. The Balaban J connectivity index is 2.67. The molecule has 0 saturated carbocycles.